The summed E-state index contributed by atoms with van der Waals surface area (Å²) in [6, 6.07) is 24.3. The number of hydrogen-bond acceptors (Lipinski definition) is 0. The minimum absolute atomic E-state index is 0. The van der Waals surface area contributed by atoms with Gasteiger partial charge in [0.1, 0.15) is 0 Å². The molecule has 0 unspecified atom stereocenters. The van der Waals surface area contributed by atoms with Gasteiger partial charge in [-0.15, -0.1) is 0 Å². The minimum atomic E-state index is 0. The van der Waals surface area contributed by atoms with Gasteiger partial charge in [0.25, 0.3) is 0 Å². The Morgan fingerprint density at radius 2 is 1.15 bits per heavy atom. The van der Waals surface area contributed by atoms with Gasteiger partial charge in [-0.1, -0.05) is 0 Å². The third-order valence-electron chi connectivity index (χ3n) is 3.81. The molecule has 0 fully saturated rings. The fourth-order valence-corrected chi connectivity index (χ4v) is 3.98. The first-order valence-corrected chi connectivity index (χ1v) is 7.97. The summed E-state index contributed by atoms with van der Waals surface area (Å²) in [5.41, 5.74) is 0. The van der Waals surface area contributed by atoms with E-state index in [0.29, 0.717) is 0 Å². The van der Waals surface area contributed by atoms with Crippen LogP contribution in [-0.4, -0.2) is 22.0 Å². The van der Waals surface area contributed by atoms with Crippen LogP contribution in [0.3, 0.4) is 0 Å². The molecular formula is C18H15GeO. The van der Waals surface area contributed by atoms with Crippen molar-refractivity contribution in [1.82, 2.24) is 0 Å². The van der Waals surface area contributed by atoms with Gasteiger partial charge < -0.3 is 5.48 Å². The van der Waals surface area contributed by atoms with Crippen molar-refractivity contribution in [3.05, 3.63) is 66.7 Å². The molecule has 0 aliphatic heterocycles. The summed E-state index contributed by atoms with van der Waals surface area (Å²) in [6.45, 7) is 0. The summed E-state index contributed by atoms with van der Waals surface area (Å²) in [6.07, 6.45) is 0. The topological polar surface area (TPSA) is 31.5 Å². The predicted molar refractivity (Wildman–Crippen MR) is 90.8 cm³/mol. The predicted octanol–water partition coefficient (Wildman–Crippen LogP) is 2.58. The van der Waals surface area contributed by atoms with Crippen LogP contribution in [0.15, 0.2) is 66.7 Å². The van der Waals surface area contributed by atoms with Gasteiger partial charge in [-0.3, -0.25) is 0 Å². The van der Waals surface area contributed by atoms with Gasteiger partial charge in [0.2, 0.25) is 0 Å². The molecule has 0 aromatic heterocycles. The third kappa shape index (κ3) is 1.91. The molecule has 4 aromatic carbocycles. The SMILES string of the molecule is O.[GeH2][c]1cc2cc3ccccc3cc2c2ccccc12. The van der Waals surface area contributed by atoms with Crippen molar-refractivity contribution in [3.8, 4) is 0 Å². The molecule has 0 aliphatic carbocycles. The van der Waals surface area contributed by atoms with Gasteiger partial charge in [0.05, 0.1) is 0 Å². The van der Waals surface area contributed by atoms with Gasteiger partial charge in [0, 0.05) is 0 Å². The second-order valence-electron chi connectivity index (χ2n) is 5.00. The number of hydrogen-bond donors (Lipinski definition) is 0. The fourth-order valence-electron chi connectivity index (χ4n) is 2.87. The molecule has 2 heteroatoms. The molecule has 1 nitrogen and oxygen atoms in total. The van der Waals surface area contributed by atoms with Crippen molar-refractivity contribution in [2.24, 2.45) is 0 Å². The molecule has 2 N–H and O–H groups in total. The molecule has 97 valence electrons. The monoisotopic (exact) mass is 321 g/mol. The van der Waals surface area contributed by atoms with Gasteiger partial charge in [0.15, 0.2) is 0 Å². The van der Waals surface area contributed by atoms with E-state index in [1.54, 1.807) is 0 Å². The first-order chi connectivity index (χ1) is 9.33. The van der Waals surface area contributed by atoms with Crippen molar-refractivity contribution in [3.63, 3.8) is 0 Å². The van der Waals surface area contributed by atoms with Crippen molar-refractivity contribution >= 4 is 53.2 Å². The van der Waals surface area contributed by atoms with E-state index in [1.165, 1.54) is 53.2 Å². The second kappa shape index (κ2) is 4.93. The molecule has 0 saturated heterocycles. The first kappa shape index (κ1) is 13.2. The molecule has 0 atom stereocenters. The van der Waals surface area contributed by atoms with E-state index in [1.807, 2.05) is 0 Å². The fraction of sp³-hybridized carbons (Fsp3) is 0. The number of benzene rings is 4. The van der Waals surface area contributed by atoms with Crippen molar-refractivity contribution < 1.29 is 5.48 Å². The molecule has 0 saturated carbocycles. The van der Waals surface area contributed by atoms with Crippen LogP contribution in [0, 0.1) is 0 Å². The Morgan fingerprint density at radius 1 is 0.550 bits per heavy atom. The summed E-state index contributed by atoms with van der Waals surface area (Å²) in [5.74, 6) is 0. The molecule has 0 bridgehead atoms. The molecule has 1 radical (unpaired) electrons. The Balaban J connectivity index is 0.00000121. The average Bonchev–Trinajstić information content (AvgIpc) is 2.46. The van der Waals surface area contributed by atoms with Gasteiger partial charge >= 0.3 is 120 Å². The normalized spacial score (nSPS) is 10.8. The Hall–Kier alpha value is -1.84. The molecular weight excluding hydrogens is 305 g/mol. The van der Waals surface area contributed by atoms with Gasteiger partial charge in [-0.2, -0.15) is 0 Å². The molecule has 4 rings (SSSR count). The molecule has 0 aliphatic rings. The van der Waals surface area contributed by atoms with Crippen LogP contribution < -0.4 is 4.40 Å². The van der Waals surface area contributed by atoms with Crippen molar-refractivity contribution in [1.29, 1.82) is 0 Å². The quantitative estimate of drug-likeness (QED) is 0.271. The van der Waals surface area contributed by atoms with Crippen LogP contribution in [0.5, 0.6) is 0 Å². The van der Waals surface area contributed by atoms with E-state index in [9.17, 15) is 0 Å². The maximum absolute atomic E-state index is 2.35. The Morgan fingerprint density at radius 3 is 1.90 bits per heavy atom. The van der Waals surface area contributed by atoms with E-state index >= 15 is 0 Å². The van der Waals surface area contributed by atoms with Crippen molar-refractivity contribution in [2.75, 3.05) is 0 Å². The van der Waals surface area contributed by atoms with Crippen LogP contribution in [0.4, 0.5) is 0 Å². The van der Waals surface area contributed by atoms with Crippen LogP contribution >= 0.6 is 0 Å². The summed E-state index contributed by atoms with van der Waals surface area (Å²) in [7, 11) is 0. The van der Waals surface area contributed by atoms with Crippen LogP contribution in [0.25, 0.3) is 32.3 Å². The second-order valence-corrected chi connectivity index (χ2v) is 6.60. The van der Waals surface area contributed by atoms with Crippen LogP contribution in [0.2, 0.25) is 0 Å². The third-order valence-corrected chi connectivity index (χ3v) is 5.04. The van der Waals surface area contributed by atoms with E-state index in [0.717, 1.165) is 0 Å². The molecule has 20 heavy (non-hydrogen) atoms. The zero-order valence-corrected chi connectivity index (χ0v) is 14.0. The van der Waals surface area contributed by atoms with Crippen LogP contribution in [-0.2, 0) is 0 Å². The Bertz CT molecular complexity index is 928. The van der Waals surface area contributed by atoms with E-state index < -0.39 is 0 Å². The standard InChI is InChI=1S/C18H13Ge.H2O/c19-18-11-14-9-12-5-1-2-6-13(12)10-17(14)15-7-3-4-8-16(15)18;/h1-11H,19H2;1H2. The molecule has 0 amide bonds. The zero-order valence-electron chi connectivity index (χ0n) is 11.1. The Labute approximate surface area is 125 Å². The van der Waals surface area contributed by atoms with Gasteiger partial charge in [-0.05, 0) is 0 Å². The number of rotatable bonds is 0. The van der Waals surface area contributed by atoms with Crippen molar-refractivity contribution in [2.45, 2.75) is 0 Å². The molecule has 0 spiro atoms. The van der Waals surface area contributed by atoms with E-state index in [4.69, 9.17) is 0 Å². The summed E-state index contributed by atoms with van der Waals surface area (Å²) >= 11 is 1.20. The van der Waals surface area contributed by atoms with Crippen LogP contribution in [0.1, 0.15) is 0 Å². The summed E-state index contributed by atoms with van der Waals surface area (Å²) in [5, 5.41) is 8.16. The molecule has 0 heterocycles. The number of fused-ring (bicyclic) bond motifs is 4. The zero-order chi connectivity index (χ0) is 12.8. The summed E-state index contributed by atoms with van der Waals surface area (Å²) in [4.78, 5) is 0. The Kier molecular flexibility index (Phi) is 3.24. The maximum atomic E-state index is 2.35. The van der Waals surface area contributed by atoms with Gasteiger partial charge in [-0.25, -0.2) is 0 Å². The summed E-state index contributed by atoms with van der Waals surface area (Å²) < 4.78 is 1.47. The first-order valence-electron chi connectivity index (χ1n) is 6.49. The van der Waals surface area contributed by atoms with E-state index in [-0.39, 0.29) is 5.48 Å². The van der Waals surface area contributed by atoms with E-state index in [2.05, 4.69) is 66.7 Å². The average molecular weight is 320 g/mol. The molecule has 4 aromatic rings.